The Labute approximate surface area is 176 Å². The topological polar surface area (TPSA) is 81.8 Å². The minimum Gasteiger partial charge on any atom is -0.336 e. The van der Waals surface area contributed by atoms with Gasteiger partial charge in [-0.15, -0.1) is 0 Å². The van der Waals surface area contributed by atoms with Crippen LogP contribution < -0.4 is 10.6 Å². The standard InChI is InChI=1S/C23H26N4O3/c1-23(21(29)24-22(30)25-23)19-9-7-18(8-10-19)20(28)27-15-13-26(14-16-27)12-11-17-5-3-2-4-6-17/h2-10H,11-16H2,1H3,(H2,24,25,29,30). The first-order chi connectivity index (χ1) is 14.5. The fourth-order valence-electron chi connectivity index (χ4n) is 3.98. The number of carbonyl (C=O) groups excluding carboxylic acids is 3. The highest BCUT2D eigenvalue weighted by molar-refractivity contribution is 6.07. The van der Waals surface area contributed by atoms with Crippen molar-refractivity contribution in [2.75, 3.05) is 32.7 Å². The molecule has 0 saturated carbocycles. The highest BCUT2D eigenvalue weighted by Crippen LogP contribution is 2.25. The summed E-state index contributed by atoms with van der Waals surface area (Å²) in [4.78, 5) is 40.7. The maximum atomic E-state index is 12.9. The molecule has 2 N–H and O–H groups in total. The van der Waals surface area contributed by atoms with Gasteiger partial charge >= 0.3 is 6.03 Å². The van der Waals surface area contributed by atoms with Crippen molar-refractivity contribution in [2.24, 2.45) is 0 Å². The molecule has 30 heavy (non-hydrogen) atoms. The Morgan fingerprint density at radius 3 is 2.23 bits per heavy atom. The molecule has 2 heterocycles. The molecule has 4 rings (SSSR count). The van der Waals surface area contributed by atoms with Crippen molar-refractivity contribution in [1.29, 1.82) is 0 Å². The number of imide groups is 1. The lowest BCUT2D eigenvalue weighted by molar-refractivity contribution is -0.123. The Hall–Kier alpha value is -3.19. The number of carbonyl (C=O) groups is 3. The first-order valence-electron chi connectivity index (χ1n) is 10.3. The number of rotatable bonds is 5. The van der Waals surface area contributed by atoms with E-state index in [9.17, 15) is 14.4 Å². The third kappa shape index (κ3) is 4.07. The summed E-state index contributed by atoms with van der Waals surface area (Å²) in [5.74, 6) is -0.396. The van der Waals surface area contributed by atoms with Gasteiger partial charge in [0, 0.05) is 38.3 Å². The molecule has 0 aromatic heterocycles. The van der Waals surface area contributed by atoms with E-state index in [-0.39, 0.29) is 5.91 Å². The van der Waals surface area contributed by atoms with Gasteiger partial charge in [-0.1, -0.05) is 42.5 Å². The number of benzene rings is 2. The Morgan fingerprint density at radius 2 is 1.63 bits per heavy atom. The third-order valence-electron chi connectivity index (χ3n) is 5.97. The third-order valence-corrected chi connectivity index (χ3v) is 5.97. The summed E-state index contributed by atoms with van der Waals surface area (Å²) in [5.41, 5.74) is 1.46. The largest absolute Gasteiger partial charge is 0.336 e. The Balaban J connectivity index is 1.32. The van der Waals surface area contributed by atoms with E-state index in [0.717, 1.165) is 26.1 Å². The average Bonchev–Trinajstić information content (AvgIpc) is 3.05. The lowest BCUT2D eigenvalue weighted by atomic mass is 9.91. The van der Waals surface area contributed by atoms with E-state index in [4.69, 9.17) is 0 Å². The van der Waals surface area contributed by atoms with Crippen LogP contribution >= 0.6 is 0 Å². The van der Waals surface area contributed by atoms with Gasteiger partial charge in [0.2, 0.25) is 0 Å². The summed E-state index contributed by atoms with van der Waals surface area (Å²) >= 11 is 0. The van der Waals surface area contributed by atoms with E-state index in [2.05, 4.69) is 39.8 Å². The van der Waals surface area contributed by atoms with Crippen LogP contribution in [0.2, 0.25) is 0 Å². The van der Waals surface area contributed by atoms with Crippen molar-refractivity contribution in [3.63, 3.8) is 0 Å². The molecule has 7 heteroatoms. The van der Waals surface area contributed by atoms with Crippen molar-refractivity contribution in [3.05, 3.63) is 71.3 Å². The number of nitrogens with one attached hydrogen (secondary N) is 2. The molecule has 2 aromatic carbocycles. The number of nitrogens with zero attached hydrogens (tertiary/aromatic N) is 2. The molecule has 1 atom stereocenters. The first-order valence-corrected chi connectivity index (χ1v) is 10.3. The quantitative estimate of drug-likeness (QED) is 0.741. The average molecular weight is 406 g/mol. The molecule has 0 spiro atoms. The molecule has 2 aliphatic heterocycles. The van der Waals surface area contributed by atoms with Gasteiger partial charge in [0.05, 0.1) is 0 Å². The smallest absolute Gasteiger partial charge is 0.322 e. The zero-order valence-corrected chi connectivity index (χ0v) is 17.1. The van der Waals surface area contributed by atoms with Crippen LogP contribution in [0.15, 0.2) is 54.6 Å². The molecule has 2 fully saturated rings. The number of hydrogen-bond donors (Lipinski definition) is 2. The van der Waals surface area contributed by atoms with Crippen molar-refractivity contribution in [3.8, 4) is 0 Å². The number of hydrogen-bond acceptors (Lipinski definition) is 4. The van der Waals surface area contributed by atoms with Crippen LogP contribution in [0.3, 0.4) is 0 Å². The van der Waals surface area contributed by atoms with Crippen LogP contribution in [0.25, 0.3) is 0 Å². The van der Waals surface area contributed by atoms with E-state index in [1.165, 1.54) is 5.56 Å². The summed E-state index contributed by atoms with van der Waals surface area (Å²) in [7, 11) is 0. The zero-order valence-electron chi connectivity index (χ0n) is 17.1. The molecule has 0 bridgehead atoms. The fourth-order valence-corrected chi connectivity index (χ4v) is 3.98. The summed E-state index contributed by atoms with van der Waals surface area (Å²) in [6.07, 6.45) is 1.01. The van der Waals surface area contributed by atoms with Gasteiger partial charge in [-0.25, -0.2) is 4.79 Å². The molecule has 2 saturated heterocycles. The van der Waals surface area contributed by atoms with Crippen LogP contribution in [0.1, 0.15) is 28.4 Å². The lowest BCUT2D eigenvalue weighted by Crippen LogP contribution is -2.49. The highest BCUT2D eigenvalue weighted by Gasteiger charge is 2.43. The molecule has 2 aliphatic rings. The van der Waals surface area contributed by atoms with Crippen molar-refractivity contribution < 1.29 is 14.4 Å². The minimum atomic E-state index is -1.11. The SMILES string of the molecule is CC1(c2ccc(C(=O)N3CCN(CCc4ccccc4)CC3)cc2)NC(=O)NC1=O. The van der Waals surface area contributed by atoms with Gasteiger partial charge in [0.1, 0.15) is 5.54 Å². The maximum absolute atomic E-state index is 12.9. The van der Waals surface area contributed by atoms with Crippen LogP contribution in [-0.2, 0) is 16.8 Å². The lowest BCUT2D eigenvalue weighted by Gasteiger charge is -2.35. The monoisotopic (exact) mass is 406 g/mol. The molecule has 7 nitrogen and oxygen atoms in total. The molecule has 2 aromatic rings. The Bertz CT molecular complexity index is 937. The van der Waals surface area contributed by atoms with E-state index in [1.54, 1.807) is 31.2 Å². The maximum Gasteiger partial charge on any atom is 0.322 e. The van der Waals surface area contributed by atoms with Gasteiger partial charge in [0.15, 0.2) is 0 Å². The van der Waals surface area contributed by atoms with Crippen molar-refractivity contribution in [2.45, 2.75) is 18.9 Å². The Morgan fingerprint density at radius 1 is 0.967 bits per heavy atom. The predicted molar refractivity (Wildman–Crippen MR) is 113 cm³/mol. The van der Waals surface area contributed by atoms with Crippen molar-refractivity contribution in [1.82, 2.24) is 20.4 Å². The van der Waals surface area contributed by atoms with Crippen LogP contribution in [0.4, 0.5) is 4.79 Å². The predicted octanol–water partition coefficient (Wildman–Crippen LogP) is 1.74. The van der Waals surface area contributed by atoms with E-state index in [1.807, 2.05) is 11.0 Å². The molecule has 156 valence electrons. The normalized spacial score (nSPS) is 22.0. The Kier molecular flexibility index (Phi) is 5.55. The number of piperazine rings is 1. The summed E-state index contributed by atoms with van der Waals surface area (Å²) in [6.45, 7) is 5.77. The molecule has 4 amide bonds. The fraction of sp³-hybridized carbons (Fsp3) is 0.348. The molecule has 0 aliphatic carbocycles. The van der Waals surface area contributed by atoms with E-state index >= 15 is 0 Å². The molecule has 0 radical (unpaired) electrons. The second-order valence-electron chi connectivity index (χ2n) is 7.98. The number of amides is 4. The highest BCUT2D eigenvalue weighted by atomic mass is 16.2. The van der Waals surface area contributed by atoms with Crippen LogP contribution in [-0.4, -0.2) is 60.4 Å². The summed E-state index contributed by atoms with van der Waals surface area (Å²) < 4.78 is 0. The van der Waals surface area contributed by atoms with Crippen LogP contribution in [0, 0.1) is 0 Å². The summed E-state index contributed by atoms with van der Waals surface area (Å²) in [5, 5.41) is 4.89. The van der Waals surface area contributed by atoms with Gasteiger partial charge in [-0.2, -0.15) is 0 Å². The molecular formula is C23H26N4O3. The second-order valence-corrected chi connectivity index (χ2v) is 7.98. The van der Waals surface area contributed by atoms with Gasteiger partial charge in [-0.3, -0.25) is 19.8 Å². The first kappa shape index (κ1) is 20.1. The van der Waals surface area contributed by atoms with Gasteiger partial charge in [-0.05, 0) is 36.6 Å². The van der Waals surface area contributed by atoms with Gasteiger partial charge in [0.25, 0.3) is 11.8 Å². The number of urea groups is 1. The molecule has 1 unspecified atom stereocenters. The summed E-state index contributed by atoms with van der Waals surface area (Å²) in [6, 6.07) is 16.8. The van der Waals surface area contributed by atoms with Crippen LogP contribution in [0.5, 0.6) is 0 Å². The van der Waals surface area contributed by atoms with E-state index in [0.29, 0.717) is 24.2 Å². The van der Waals surface area contributed by atoms with Gasteiger partial charge < -0.3 is 10.2 Å². The molecular weight excluding hydrogens is 380 g/mol. The van der Waals surface area contributed by atoms with Crippen molar-refractivity contribution >= 4 is 17.8 Å². The zero-order chi connectivity index (χ0) is 21.1. The second kappa shape index (κ2) is 8.28. The van der Waals surface area contributed by atoms with E-state index < -0.39 is 17.5 Å². The minimum absolute atomic E-state index is 0.00526.